The monoisotopic (exact) mass is 328 g/mol. The highest BCUT2D eigenvalue weighted by molar-refractivity contribution is 7.09. The molecule has 23 heavy (non-hydrogen) atoms. The van der Waals surface area contributed by atoms with E-state index < -0.39 is 5.91 Å². The molecular weight excluding hydrogens is 312 g/mol. The first kappa shape index (κ1) is 15.2. The Morgan fingerprint density at radius 1 is 1.35 bits per heavy atom. The Kier molecular flexibility index (Phi) is 4.62. The Morgan fingerprint density at radius 2 is 2.26 bits per heavy atom. The summed E-state index contributed by atoms with van der Waals surface area (Å²) in [5.74, 6) is 0.131. The number of anilines is 1. The van der Waals surface area contributed by atoms with Gasteiger partial charge in [-0.2, -0.15) is 14.5 Å². The van der Waals surface area contributed by atoms with E-state index in [1.54, 1.807) is 24.4 Å². The Labute approximate surface area is 137 Å². The highest BCUT2D eigenvalue weighted by Crippen LogP contribution is 2.21. The molecule has 0 fully saturated rings. The quantitative estimate of drug-likeness (QED) is 0.646. The fourth-order valence-electron chi connectivity index (χ4n) is 2.09. The third-order valence-corrected chi connectivity index (χ3v) is 3.90. The molecule has 3 N–H and O–H groups in total. The molecule has 3 rings (SSSR count). The van der Waals surface area contributed by atoms with Crippen molar-refractivity contribution in [3.8, 4) is 11.4 Å². The van der Waals surface area contributed by atoms with E-state index in [0.717, 1.165) is 30.2 Å². The van der Waals surface area contributed by atoms with Gasteiger partial charge in [-0.1, -0.05) is 12.1 Å². The van der Waals surface area contributed by atoms with Gasteiger partial charge < -0.3 is 11.1 Å². The van der Waals surface area contributed by atoms with Crippen molar-refractivity contribution in [3.63, 3.8) is 0 Å². The molecule has 0 aliphatic carbocycles. The lowest BCUT2D eigenvalue weighted by atomic mass is 10.1. The fraction of sp³-hybridized carbons (Fsp3) is 0.200. The lowest BCUT2D eigenvalue weighted by Crippen LogP contribution is -2.10. The number of nitrogens with zero attached hydrogens (tertiary/aromatic N) is 4. The van der Waals surface area contributed by atoms with Crippen LogP contribution < -0.4 is 11.1 Å². The number of nitrogens with one attached hydrogen (secondary N) is 1. The van der Waals surface area contributed by atoms with Crippen LogP contribution in [0.4, 0.5) is 5.13 Å². The SMILES string of the molecule is NC(=O)c1cccc(-c2nsc(NCCCn3cccn3)n2)c1. The summed E-state index contributed by atoms with van der Waals surface area (Å²) in [4.78, 5) is 15.7. The van der Waals surface area contributed by atoms with Gasteiger partial charge in [-0.15, -0.1) is 0 Å². The predicted molar refractivity (Wildman–Crippen MR) is 89.2 cm³/mol. The number of aromatic nitrogens is 4. The molecule has 0 spiro atoms. The second-order valence-electron chi connectivity index (χ2n) is 4.92. The van der Waals surface area contributed by atoms with Crippen LogP contribution >= 0.6 is 11.5 Å². The molecule has 0 bridgehead atoms. The summed E-state index contributed by atoms with van der Waals surface area (Å²) >= 11 is 1.30. The summed E-state index contributed by atoms with van der Waals surface area (Å²) in [7, 11) is 0. The van der Waals surface area contributed by atoms with Gasteiger partial charge in [0.15, 0.2) is 5.82 Å². The van der Waals surface area contributed by atoms with Crippen molar-refractivity contribution in [3.05, 3.63) is 48.3 Å². The Bertz CT molecular complexity index is 783. The van der Waals surface area contributed by atoms with E-state index in [9.17, 15) is 4.79 Å². The summed E-state index contributed by atoms with van der Waals surface area (Å²) < 4.78 is 6.21. The number of benzene rings is 1. The summed E-state index contributed by atoms with van der Waals surface area (Å²) in [6.45, 7) is 1.64. The molecule has 2 aromatic heterocycles. The molecule has 0 saturated heterocycles. The third-order valence-electron chi connectivity index (χ3n) is 3.23. The van der Waals surface area contributed by atoms with Crippen molar-refractivity contribution in [2.24, 2.45) is 5.73 Å². The molecular formula is C15H16N6OS. The van der Waals surface area contributed by atoms with Gasteiger partial charge in [0, 0.05) is 48.1 Å². The summed E-state index contributed by atoms with van der Waals surface area (Å²) in [5, 5.41) is 8.15. The molecule has 8 heteroatoms. The van der Waals surface area contributed by atoms with E-state index in [1.807, 2.05) is 23.0 Å². The van der Waals surface area contributed by atoms with Crippen LogP contribution in [0.3, 0.4) is 0 Å². The average molecular weight is 328 g/mol. The van der Waals surface area contributed by atoms with Gasteiger partial charge in [0.05, 0.1) is 0 Å². The molecule has 0 atom stereocenters. The van der Waals surface area contributed by atoms with Crippen molar-refractivity contribution >= 4 is 22.6 Å². The van der Waals surface area contributed by atoms with Gasteiger partial charge in [0.2, 0.25) is 11.0 Å². The minimum absolute atomic E-state index is 0.450. The molecule has 1 amide bonds. The number of hydrogen-bond donors (Lipinski definition) is 2. The number of aryl methyl sites for hydroxylation is 1. The first-order valence-corrected chi connectivity index (χ1v) is 7.95. The number of hydrogen-bond acceptors (Lipinski definition) is 6. The van der Waals surface area contributed by atoms with E-state index >= 15 is 0 Å². The Hall–Kier alpha value is -2.74. The molecule has 3 aromatic rings. The van der Waals surface area contributed by atoms with Gasteiger partial charge in [-0.3, -0.25) is 9.48 Å². The minimum atomic E-state index is -0.459. The lowest BCUT2D eigenvalue weighted by Gasteiger charge is -2.02. The zero-order valence-corrected chi connectivity index (χ0v) is 13.2. The minimum Gasteiger partial charge on any atom is -0.366 e. The largest absolute Gasteiger partial charge is 0.366 e. The van der Waals surface area contributed by atoms with E-state index in [-0.39, 0.29) is 0 Å². The van der Waals surface area contributed by atoms with Crippen LogP contribution in [0.15, 0.2) is 42.7 Å². The Morgan fingerprint density at radius 3 is 3.04 bits per heavy atom. The van der Waals surface area contributed by atoms with E-state index in [1.165, 1.54) is 11.5 Å². The van der Waals surface area contributed by atoms with E-state index in [0.29, 0.717) is 11.4 Å². The standard InChI is InChI=1S/C15H16N6OS/c16-13(22)11-4-1-5-12(10-11)14-19-15(23-20-14)17-6-2-8-21-9-3-7-18-21/h1,3-5,7,9-10H,2,6,8H2,(H2,16,22)(H,17,19,20). The number of carbonyl (C=O) groups excluding carboxylic acids is 1. The molecule has 2 heterocycles. The van der Waals surface area contributed by atoms with Crippen LogP contribution in [-0.4, -0.2) is 31.6 Å². The van der Waals surface area contributed by atoms with Crippen LogP contribution in [-0.2, 0) is 6.54 Å². The van der Waals surface area contributed by atoms with E-state index in [2.05, 4.69) is 19.8 Å². The Balaban J connectivity index is 1.57. The maximum absolute atomic E-state index is 11.2. The summed E-state index contributed by atoms with van der Waals surface area (Å²) in [6, 6.07) is 8.91. The van der Waals surface area contributed by atoms with Crippen LogP contribution in [0, 0.1) is 0 Å². The molecule has 118 valence electrons. The smallest absolute Gasteiger partial charge is 0.248 e. The van der Waals surface area contributed by atoms with Crippen molar-refractivity contribution in [2.75, 3.05) is 11.9 Å². The normalized spacial score (nSPS) is 10.6. The molecule has 1 aromatic carbocycles. The van der Waals surface area contributed by atoms with E-state index in [4.69, 9.17) is 5.73 Å². The summed E-state index contributed by atoms with van der Waals surface area (Å²) in [6.07, 6.45) is 4.65. The second-order valence-corrected chi connectivity index (χ2v) is 5.67. The second kappa shape index (κ2) is 7.01. The maximum atomic E-state index is 11.2. The predicted octanol–water partition coefficient (Wildman–Crippen LogP) is 2.00. The van der Waals surface area contributed by atoms with Crippen LogP contribution in [0.2, 0.25) is 0 Å². The fourth-order valence-corrected chi connectivity index (χ4v) is 2.71. The molecule has 0 radical (unpaired) electrons. The van der Waals surface area contributed by atoms with Crippen LogP contribution in [0.25, 0.3) is 11.4 Å². The van der Waals surface area contributed by atoms with Crippen molar-refractivity contribution in [1.82, 2.24) is 19.1 Å². The molecule has 0 saturated carbocycles. The van der Waals surface area contributed by atoms with Crippen molar-refractivity contribution in [1.29, 1.82) is 0 Å². The first-order chi connectivity index (χ1) is 11.2. The molecule has 7 nitrogen and oxygen atoms in total. The number of carbonyl (C=O) groups is 1. The van der Waals surface area contributed by atoms with Crippen molar-refractivity contribution < 1.29 is 4.79 Å². The highest BCUT2D eigenvalue weighted by atomic mass is 32.1. The van der Waals surface area contributed by atoms with Gasteiger partial charge in [0.1, 0.15) is 0 Å². The molecule has 0 aliphatic heterocycles. The van der Waals surface area contributed by atoms with Gasteiger partial charge in [-0.05, 0) is 24.6 Å². The maximum Gasteiger partial charge on any atom is 0.248 e. The summed E-state index contributed by atoms with van der Waals surface area (Å²) in [5.41, 5.74) is 6.52. The molecule has 0 unspecified atom stereocenters. The third kappa shape index (κ3) is 3.92. The number of nitrogens with two attached hydrogens (primary N) is 1. The van der Waals surface area contributed by atoms with Crippen molar-refractivity contribution in [2.45, 2.75) is 13.0 Å². The lowest BCUT2D eigenvalue weighted by molar-refractivity contribution is 0.100. The number of primary amides is 1. The van der Waals surface area contributed by atoms with Gasteiger partial charge >= 0.3 is 0 Å². The topological polar surface area (TPSA) is 98.7 Å². The zero-order chi connectivity index (χ0) is 16.1. The molecule has 0 aliphatic rings. The van der Waals surface area contributed by atoms with Crippen LogP contribution in [0.5, 0.6) is 0 Å². The number of rotatable bonds is 7. The van der Waals surface area contributed by atoms with Gasteiger partial charge in [-0.25, -0.2) is 0 Å². The first-order valence-electron chi connectivity index (χ1n) is 7.17. The van der Waals surface area contributed by atoms with Crippen LogP contribution in [0.1, 0.15) is 16.8 Å². The van der Waals surface area contributed by atoms with Gasteiger partial charge in [0.25, 0.3) is 0 Å². The average Bonchev–Trinajstić information content (AvgIpc) is 3.23. The number of amides is 1. The highest BCUT2D eigenvalue weighted by Gasteiger charge is 2.08. The zero-order valence-electron chi connectivity index (χ0n) is 12.3.